The Labute approximate surface area is 147 Å². The number of likely N-dealkylation sites (tertiary alicyclic amines) is 1. The number of amides is 1. The number of rotatable bonds is 4. The summed E-state index contributed by atoms with van der Waals surface area (Å²) in [6, 6.07) is 0.824. The van der Waals surface area contributed by atoms with E-state index in [1.807, 2.05) is 0 Å². The quantitative estimate of drug-likeness (QED) is 0.847. The van der Waals surface area contributed by atoms with Gasteiger partial charge in [0.2, 0.25) is 5.91 Å². The number of hydrogen-bond donors (Lipinski definition) is 1. The molecule has 2 N–H and O–H groups in total. The second kappa shape index (κ2) is 7.31. The van der Waals surface area contributed by atoms with Crippen LogP contribution in [-0.4, -0.2) is 29.4 Å². The molecule has 4 aliphatic rings. The van der Waals surface area contributed by atoms with E-state index in [1.165, 1.54) is 51.4 Å². The molecule has 23 heavy (non-hydrogen) atoms. The van der Waals surface area contributed by atoms with Crippen LogP contribution >= 0.6 is 12.4 Å². The summed E-state index contributed by atoms with van der Waals surface area (Å²) in [7, 11) is 0. The Morgan fingerprint density at radius 1 is 1.00 bits per heavy atom. The predicted octanol–water partition coefficient (Wildman–Crippen LogP) is 3.74. The summed E-state index contributed by atoms with van der Waals surface area (Å²) in [6.45, 7) is 1.01. The number of fused-ring (bicyclic) bond motifs is 2. The molecule has 3 nitrogen and oxygen atoms in total. The van der Waals surface area contributed by atoms with E-state index in [0.717, 1.165) is 37.1 Å². The minimum atomic E-state index is 0. The second-order valence-electron chi connectivity index (χ2n) is 8.61. The zero-order valence-electron chi connectivity index (χ0n) is 14.3. The van der Waals surface area contributed by atoms with Gasteiger partial charge >= 0.3 is 0 Å². The first-order valence-corrected chi connectivity index (χ1v) is 9.75. The van der Waals surface area contributed by atoms with E-state index in [1.54, 1.807) is 0 Å². The van der Waals surface area contributed by atoms with Gasteiger partial charge in [0.05, 0.1) is 0 Å². The maximum Gasteiger partial charge on any atom is 0.223 e. The molecule has 132 valence electrons. The summed E-state index contributed by atoms with van der Waals surface area (Å²) >= 11 is 0. The number of carbonyl (C=O) groups excluding carboxylic acids is 1. The van der Waals surface area contributed by atoms with Crippen molar-refractivity contribution in [1.29, 1.82) is 0 Å². The number of nitrogens with zero attached hydrogens (tertiary/aromatic N) is 1. The molecule has 0 radical (unpaired) electrons. The van der Waals surface area contributed by atoms with Crippen LogP contribution < -0.4 is 5.73 Å². The Morgan fingerprint density at radius 3 is 2.52 bits per heavy atom. The maximum atomic E-state index is 12.8. The van der Waals surface area contributed by atoms with E-state index in [4.69, 9.17) is 5.73 Å². The Bertz CT molecular complexity index is 430. The van der Waals surface area contributed by atoms with Gasteiger partial charge in [-0.3, -0.25) is 4.79 Å². The highest BCUT2D eigenvalue weighted by atomic mass is 35.5. The van der Waals surface area contributed by atoms with E-state index in [2.05, 4.69) is 4.90 Å². The lowest BCUT2D eigenvalue weighted by molar-refractivity contribution is -0.133. The smallest absolute Gasteiger partial charge is 0.223 e. The molecule has 1 amide bonds. The molecule has 1 heterocycles. The second-order valence-corrected chi connectivity index (χ2v) is 8.61. The highest BCUT2D eigenvalue weighted by Crippen LogP contribution is 2.50. The van der Waals surface area contributed by atoms with Crippen LogP contribution in [0.25, 0.3) is 0 Å². The third kappa shape index (κ3) is 3.56. The van der Waals surface area contributed by atoms with Crippen LogP contribution in [0.3, 0.4) is 0 Å². The van der Waals surface area contributed by atoms with Gasteiger partial charge in [0.1, 0.15) is 0 Å². The fourth-order valence-electron chi connectivity index (χ4n) is 6.08. The van der Waals surface area contributed by atoms with Crippen LogP contribution in [0.2, 0.25) is 0 Å². The third-order valence-electron chi connectivity index (χ3n) is 7.31. The standard InChI is InChI=1S/C19H32N2O.ClH/c20-18-5-1-3-15(18)12-19(22)21-8-2-4-17(21)11-16-10-13-6-7-14(16)9-13;/h13-18H,1-12,20H2;1H/t13?,14?,15-,16?,17?,18+;/m0./s1. The Kier molecular flexibility index (Phi) is 5.57. The maximum absolute atomic E-state index is 12.8. The summed E-state index contributed by atoms with van der Waals surface area (Å²) in [5.74, 6) is 3.80. The van der Waals surface area contributed by atoms with Crippen LogP contribution in [0.15, 0.2) is 0 Å². The molecule has 0 aromatic rings. The van der Waals surface area contributed by atoms with Crippen molar-refractivity contribution in [3.8, 4) is 0 Å². The molecule has 6 atom stereocenters. The van der Waals surface area contributed by atoms with Gasteiger partial charge in [-0.05, 0) is 75.0 Å². The molecular weight excluding hydrogens is 308 g/mol. The average Bonchev–Trinajstić information content (AvgIpc) is 3.25. The first kappa shape index (κ1) is 17.5. The van der Waals surface area contributed by atoms with Crippen molar-refractivity contribution in [2.24, 2.45) is 29.4 Å². The van der Waals surface area contributed by atoms with Crippen LogP contribution in [0.5, 0.6) is 0 Å². The average molecular weight is 341 g/mol. The van der Waals surface area contributed by atoms with E-state index in [-0.39, 0.29) is 18.4 Å². The fourth-order valence-corrected chi connectivity index (χ4v) is 6.08. The Balaban J connectivity index is 0.00000156. The first-order valence-electron chi connectivity index (χ1n) is 9.75. The van der Waals surface area contributed by atoms with Gasteiger partial charge in [-0.15, -0.1) is 12.4 Å². The van der Waals surface area contributed by atoms with Crippen molar-refractivity contribution in [3.63, 3.8) is 0 Å². The van der Waals surface area contributed by atoms with Crippen molar-refractivity contribution < 1.29 is 4.79 Å². The minimum absolute atomic E-state index is 0. The molecule has 0 spiro atoms. The summed E-state index contributed by atoms with van der Waals surface area (Å²) in [5.41, 5.74) is 6.16. The Hall–Kier alpha value is -0.280. The first-order chi connectivity index (χ1) is 10.7. The predicted molar refractivity (Wildman–Crippen MR) is 95.5 cm³/mol. The van der Waals surface area contributed by atoms with Gasteiger partial charge in [0.15, 0.2) is 0 Å². The van der Waals surface area contributed by atoms with Gasteiger partial charge < -0.3 is 10.6 Å². The highest BCUT2D eigenvalue weighted by Gasteiger charge is 2.42. The van der Waals surface area contributed by atoms with Gasteiger partial charge in [0, 0.05) is 25.0 Å². The molecule has 1 aliphatic heterocycles. The highest BCUT2D eigenvalue weighted by molar-refractivity contribution is 5.85. The van der Waals surface area contributed by atoms with Crippen molar-refractivity contribution in [2.75, 3.05) is 6.54 Å². The van der Waals surface area contributed by atoms with Gasteiger partial charge in [-0.1, -0.05) is 12.8 Å². The lowest BCUT2D eigenvalue weighted by Crippen LogP contribution is -2.39. The van der Waals surface area contributed by atoms with E-state index in [9.17, 15) is 4.79 Å². The van der Waals surface area contributed by atoms with Crippen molar-refractivity contribution >= 4 is 18.3 Å². The minimum Gasteiger partial charge on any atom is -0.340 e. The fraction of sp³-hybridized carbons (Fsp3) is 0.947. The molecule has 4 unspecified atom stereocenters. The SMILES string of the molecule is Cl.N[C@@H]1CCC[C@H]1CC(=O)N1CCCC1CC1CC2CCC1C2. The largest absolute Gasteiger partial charge is 0.340 e. The lowest BCUT2D eigenvalue weighted by Gasteiger charge is -2.31. The van der Waals surface area contributed by atoms with Crippen molar-refractivity contribution in [1.82, 2.24) is 4.90 Å². The van der Waals surface area contributed by atoms with Crippen LogP contribution in [0.1, 0.15) is 70.6 Å². The normalized spacial score (nSPS) is 42.2. The summed E-state index contributed by atoms with van der Waals surface area (Å²) in [6.07, 6.45) is 13.9. The zero-order valence-corrected chi connectivity index (χ0v) is 15.1. The van der Waals surface area contributed by atoms with Crippen LogP contribution in [-0.2, 0) is 4.79 Å². The van der Waals surface area contributed by atoms with Gasteiger partial charge in [-0.25, -0.2) is 0 Å². The Morgan fingerprint density at radius 2 is 1.87 bits per heavy atom. The van der Waals surface area contributed by atoms with Crippen LogP contribution in [0.4, 0.5) is 0 Å². The number of nitrogens with two attached hydrogens (primary N) is 1. The molecule has 2 bridgehead atoms. The summed E-state index contributed by atoms with van der Waals surface area (Å²) in [5, 5.41) is 0. The zero-order chi connectivity index (χ0) is 15.1. The van der Waals surface area contributed by atoms with E-state index >= 15 is 0 Å². The van der Waals surface area contributed by atoms with Gasteiger partial charge in [0.25, 0.3) is 0 Å². The van der Waals surface area contributed by atoms with Gasteiger partial charge in [-0.2, -0.15) is 0 Å². The van der Waals surface area contributed by atoms with Crippen molar-refractivity contribution in [2.45, 2.75) is 82.7 Å². The molecule has 3 saturated carbocycles. The monoisotopic (exact) mass is 340 g/mol. The summed E-state index contributed by atoms with van der Waals surface area (Å²) < 4.78 is 0. The number of hydrogen-bond acceptors (Lipinski definition) is 2. The molecule has 4 rings (SSSR count). The molecule has 1 saturated heterocycles. The van der Waals surface area contributed by atoms with Crippen molar-refractivity contribution in [3.05, 3.63) is 0 Å². The molecule has 4 heteroatoms. The lowest BCUT2D eigenvalue weighted by atomic mass is 9.83. The molecular formula is C19H33ClN2O. The van der Waals surface area contributed by atoms with Crippen LogP contribution in [0, 0.1) is 23.7 Å². The summed E-state index contributed by atoms with van der Waals surface area (Å²) in [4.78, 5) is 15.0. The number of halogens is 1. The molecule has 4 fully saturated rings. The van der Waals surface area contributed by atoms with E-state index < -0.39 is 0 Å². The van der Waals surface area contributed by atoms with E-state index in [0.29, 0.717) is 24.3 Å². The molecule has 3 aliphatic carbocycles. The number of carbonyl (C=O) groups is 1. The molecule has 0 aromatic carbocycles. The third-order valence-corrected chi connectivity index (χ3v) is 7.31. The topological polar surface area (TPSA) is 46.3 Å². The molecule has 0 aromatic heterocycles.